The van der Waals surface area contributed by atoms with Crippen LogP contribution in [0.4, 0.5) is 0 Å². The van der Waals surface area contributed by atoms with Crippen LogP contribution in [-0.2, 0) is 27.5 Å². The first-order chi connectivity index (χ1) is 15.7. The maximum absolute atomic E-state index is 11.7. The molecule has 1 fully saturated rings. The van der Waals surface area contributed by atoms with Crippen molar-refractivity contribution in [3.05, 3.63) is 47.5 Å². The second-order valence-corrected chi connectivity index (χ2v) is 7.95. The van der Waals surface area contributed by atoms with E-state index < -0.39 is 29.9 Å². The lowest BCUT2D eigenvalue weighted by atomic mass is 9.79. The van der Waals surface area contributed by atoms with Crippen molar-refractivity contribution in [3.8, 4) is 23.0 Å². The molecule has 0 amide bonds. The Labute approximate surface area is 190 Å². The molecule has 0 radical (unpaired) electrons. The fraction of sp³-hybridized carbons (Fsp3) is 0.435. The molecule has 0 heterocycles. The monoisotopic (exact) mass is 464 g/mol. The van der Waals surface area contributed by atoms with Gasteiger partial charge in [-0.3, -0.25) is 0 Å². The molecule has 5 N–H and O–H groups in total. The number of aliphatic hydroxyl groups is 2. The number of aliphatic carboxylic acids is 1. The molecule has 33 heavy (non-hydrogen) atoms. The largest absolute Gasteiger partial charge is 0.504 e. The van der Waals surface area contributed by atoms with Gasteiger partial charge in [0.25, 0.3) is 0 Å². The average molecular weight is 464 g/mol. The quantitative estimate of drug-likeness (QED) is 0.369. The van der Waals surface area contributed by atoms with Gasteiger partial charge >= 0.3 is 5.97 Å². The van der Waals surface area contributed by atoms with Crippen LogP contribution in [0.15, 0.2) is 36.4 Å². The molecule has 1 aliphatic rings. The van der Waals surface area contributed by atoms with Gasteiger partial charge in [-0.1, -0.05) is 12.1 Å². The molecule has 10 heteroatoms. The highest BCUT2D eigenvalue weighted by molar-refractivity contribution is 5.77. The first-order valence-corrected chi connectivity index (χ1v) is 10.3. The number of carboxylic acids is 1. The highest BCUT2D eigenvalue weighted by Gasteiger charge is 2.50. The Kier molecular flexibility index (Phi) is 7.65. The van der Waals surface area contributed by atoms with Gasteiger partial charge in [-0.05, 0) is 35.4 Å². The molecule has 2 aromatic carbocycles. The number of carbonyl (C=O) groups is 1. The number of benzene rings is 2. The van der Waals surface area contributed by atoms with Crippen molar-refractivity contribution in [2.75, 3.05) is 14.2 Å². The van der Waals surface area contributed by atoms with Crippen molar-refractivity contribution in [1.82, 2.24) is 0 Å². The molecule has 2 aromatic rings. The Hall–Kier alpha value is -3.05. The predicted octanol–water partition coefficient (Wildman–Crippen LogP) is 1.56. The SMILES string of the molecule is COc1ccc(CO[C@@H]2CC(O)(C(=O)O)C[C@@H](OCc3ccc(OC)c(O)c3)C2O)cc1O. The Morgan fingerprint density at radius 2 is 1.33 bits per heavy atom. The molecule has 0 saturated heterocycles. The minimum absolute atomic E-state index is 0.0476. The van der Waals surface area contributed by atoms with Crippen LogP contribution >= 0.6 is 0 Å². The number of hydrogen-bond donors (Lipinski definition) is 5. The van der Waals surface area contributed by atoms with Crippen molar-refractivity contribution < 1.29 is 49.3 Å². The molecule has 0 aromatic heterocycles. The predicted molar refractivity (Wildman–Crippen MR) is 114 cm³/mol. The fourth-order valence-electron chi connectivity index (χ4n) is 3.78. The first kappa shape index (κ1) is 24.6. The zero-order valence-corrected chi connectivity index (χ0v) is 18.3. The molecule has 1 saturated carbocycles. The number of aliphatic hydroxyl groups excluding tert-OH is 1. The molecule has 1 aliphatic carbocycles. The van der Waals surface area contributed by atoms with E-state index in [4.69, 9.17) is 18.9 Å². The normalized spacial score (nSPS) is 24.9. The number of rotatable bonds is 9. The third-order valence-corrected chi connectivity index (χ3v) is 5.65. The highest BCUT2D eigenvalue weighted by atomic mass is 16.5. The van der Waals surface area contributed by atoms with Crippen molar-refractivity contribution >= 4 is 5.97 Å². The topological polar surface area (TPSA) is 155 Å². The molecule has 0 unspecified atom stereocenters. The third kappa shape index (κ3) is 5.66. The summed E-state index contributed by atoms with van der Waals surface area (Å²) in [5.41, 5.74) is -1.02. The Balaban J connectivity index is 1.71. The van der Waals surface area contributed by atoms with Crippen molar-refractivity contribution in [1.29, 1.82) is 0 Å². The Bertz CT molecular complexity index is 908. The van der Waals surface area contributed by atoms with Crippen molar-refractivity contribution in [3.63, 3.8) is 0 Å². The molecule has 0 spiro atoms. The van der Waals surface area contributed by atoms with E-state index in [2.05, 4.69) is 0 Å². The highest BCUT2D eigenvalue weighted by Crippen LogP contribution is 2.35. The summed E-state index contributed by atoms with van der Waals surface area (Å²) in [4.78, 5) is 11.7. The van der Waals surface area contributed by atoms with Gasteiger partial charge in [-0.15, -0.1) is 0 Å². The molecule has 0 aliphatic heterocycles. The second kappa shape index (κ2) is 10.3. The summed E-state index contributed by atoms with van der Waals surface area (Å²) in [6.07, 6.45) is -3.98. The molecule has 3 rings (SSSR count). The van der Waals surface area contributed by atoms with Gasteiger partial charge in [0.1, 0.15) is 6.10 Å². The number of hydrogen-bond acceptors (Lipinski definition) is 9. The van der Waals surface area contributed by atoms with Gasteiger partial charge in [-0.2, -0.15) is 0 Å². The lowest BCUT2D eigenvalue weighted by Gasteiger charge is -2.41. The van der Waals surface area contributed by atoms with Crippen molar-refractivity contribution in [2.24, 2.45) is 0 Å². The van der Waals surface area contributed by atoms with Crippen LogP contribution in [0.2, 0.25) is 0 Å². The van der Waals surface area contributed by atoms with Gasteiger partial charge < -0.3 is 44.5 Å². The maximum Gasteiger partial charge on any atom is 0.335 e. The molecule has 2 atom stereocenters. The van der Waals surface area contributed by atoms with Crippen LogP contribution in [0, 0.1) is 0 Å². The lowest BCUT2D eigenvalue weighted by Crippen LogP contribution is -2.57. The third-order valence-electron chi connectivity index (χ3n) is 5.65. The number of aromatic hydroxyl groups is 2. The molecule has 10 nitrogen and oxygen atoms in total. The summed E-state index contributed by atoms with van der Waals surface area (Å²) in [6.45, 7) is -0.0951. The smallest absolute Gasteiger partial charge is 0.335 e. The van der Waals surface area contributed by atoms with Crippen LogP contribution in [0.3, 0.4) is 0 Å². The van der Waals surface area contributed by atoms with Crippen LogP contribution in [0.5, 0.6) is 23.0 Å². The van der Waals surface area contributed by atoms with Crippen LogP contribution in [0.1, 0.15) is 24.0 Å². The Morgan fingerprint density at radius 1 is 0.909 bits per heavy atom. The van der Waals surface area contributed by atoms with E-state index >= 15 is 0 Å². The number of phenols is 2. The lowest BCUT2D eigenvalue weighted by molar-refractivity contribution is -0.205. The van der Waals surface area contributed by atoms with Crippen molar-refractivity contribution in [2.45, 2.75) is 50.0 Å². The molecular weight excluding hydrogens is 436 g/mol. The summed E-state index contributed by atoms with van der Waals surface area (Å²) >= 11 is 0. The summed E-state index contributed by atoms with van der Waals surface area (Å²) in [6, 6.07) is 9.27. The van der Waals surface area contributed by atoms with E-state index in [1.54, 1.807) is 24.3 Å². The standard InChI is InChI=1S/C23H28O10/c1-30-17-5-3-13(7-15(17)24)11-32-19-9-23(29,22(27)28)10-20(21(19)26)33-12-14-4-6-18(31-2)16(25)8-14/h3-8,19-21,24-26,29H,9-12H2,1-2H3,(H,27,28)/t19-,20-,21?,23?/m1/s1. The second-order valence-electron chi connectivity index (χ2n) is 7.95. The van der Waals surface area contributed by atoms with Crippen LogP contribution in [0.25, 0.3) is 0 Å². The van der Waals surface area contributed by atoms with E-state index in [1.807, 2.05) is 0 Å². The van der Waals surface area contributed by atoms with E-state index in [9.17, 15) is 30.3 Å². The van der Waals surface area contributed by atoms with Gasteiger partial charge in [0.15, 0.2) is 28.6 Å². The summed E-state index contributed by atoms with van der Waals surface area (Å²) in [7, 11) is 2.84. The minimum Gasteiger partial charge on any atom is -0.504 e. The van der Waals surface area contributed by atoms with Gasteiger partial charge in [0.05, 0.1) is 39.6 Å². The Morgan fingerprint density at radius 3 is 1.67 bits per heavy atom. The number of carboxylic acid groups (broad SMARTS) is 1. The number of phenolic OH excluding ortho intramolecular Hbond substituents is 2. The van der Waals surface area contributed by atoms with E-state index in [1.165, 1.54) is 26.4 Å². The fourth-order valence-corrected chi connectivity index (χ4v) is 3.78. The van der Waals surface area contributed by atoms with Gasteiger partial charge in [0, 0.05) is 12.8 Å². The summed E-state index contributed by atoms with van der Waals surface area (Å²) in [5, 5.41) is 50.8. The maximum atomic E-state index is 11.7. The van der Waals surface area contributed by atoms with Crippen LogP contribution < -0.4 is 9.47 Å². The zero-order chi connectivity index (χ0) is 24.2. The zero-order valence-electron chi connectivity index (χ0n) is 18.3. The van der Waals surface area contributed by atoms with E-state index in [-0.39, 0.29) is 49.1 Å². The van der Waals surface area contributed by atoms with Gasteiger partial charge in [-0.25, -0.2) is 4.79 Å². The molecule has 180 valence electrons. The van der Waals surface area contributed by atoms with E-state index in [0.29, 0.717) is 11.1 Å². The number of ether oxygens (including phenoxy) is 4. The molecular formula is C23H28O10. The average Bonchev–Trinajstić information content (AvgIpc) is 2.78. The van der Waals surface area contributed by atoms with Gasteiger partial charge in [0.2, 0.25) is 0 Å². The number of methoxy groups -OCH3 is 2. The van der Waals surface area contributed by atoms with E-state index in [0.717, 1.165) is 0 Å². The molecule has 0 bridgehead atoms. The summed E-state index contributed by atoms with van der Waals surface area (Å²) < 4.78 is 21.4. The summed E-state index contributed by atoms with van der Waals surface area (Å²) in [5.74, 6) is -1.05. The first-order valence-electron chi connectivity index (χ1n) is 10.3. The van der Waals surface area contributed by atoms with Crippen LogP contribution in [-0.4, -0.2) is 69.6 Å². The minimum atomic E-state index is -2.15.